The average Bonchev–Trinajstić information content (AvgIpc) is 3.01. The average molecular weight is 311 g/mol. The van der Waals surface area contributed by atoms with E-state index in [-0.39, 0.29) is 18.3 Å². The number of amides is 1. The summed E-state index contributed by atoms with van der Waals surface area (Å²) in [6.45, 7) is 7.71. The number of hydrogen-bond acceptors (Lipinski definition) is 3. The zero-order chi connectivity index (χ0) is 14.1. The molecule has 1 unspecified atom stereocenters. The van der Waals surface area contributed by atoms with Crippen LogP contribution in [-0.2, 0) is 4.79 Å². The van der Waals surface area contributed by atoms with Gasteiger partial charge in [-0.3, -0.25) is 4.79 Å². The molecule has 0 radical (unpaired) electrons. The van der Waals surface area contributed by atoms with E-state index in [9.17, 15) is 4.79 Å². The topological polar surface area (TPSA) is 41.6 Å². The maximum absolute atomic E-state index is 12.4. The molecule has 2 saturated heterocycles. The Bertz CT molecular complexity index is 480. The number of likely N-dealkylation sites (tertiary alicyclic amines) is 1. The van der Waals surface area contributed by atoms with Gasteiger partial charge >= 0.3 is 0 Å². The van der Waals surface area contributed by atoms with Gasteiger partial charge in [0, 0.05) is 26.2 Å². The zero-order valence-corrected chi connectivity index (χ0v) is 13.4. The largest absolute Gasteiger partial charge is 0.481 e. The van der Waals surface area contributed by atoms with E-state index in [0.29, 0.717) is 11.8 Å². The van der Waals surface area contributed by atoms with E-state index in [1.165, 1.54) is 5.56 Å². The van der Waals surface area contributed by atoms with Gasteiger partial charge in [-0.1, -0.05) is 17.7 Å². The first-order chi connectivity index (χ1) is 9.63. The highest BCUT2D eigenvalue weighted by atomic mass is 35.5. The van der Waals surface area contributed by atoms with Crippen LogP contribution in [0.5, 0.6) is 5.75 Å². The minimum absolute atomic E-state index is 0. The summed E-state index contributed by atoms with van der Waals surface area (Å²) in [7, 11) is 0. The summed E-state index contributed by atoms with van der Waals surface area (Å²) in [4.78, 5) is 14.4. The molecular weight excluding hydrogens is 288 g/mol. The highest BCUT2D eigenvalue weighted by Gasteiger charge is 2.39. The van der Waals surface area contributed by atoms with Gasteiger partial charge in [0.05, 0.1) is 0 Å². The summed E-state index contributed by atoms with van der Waals surface area (Å²) in [5.74, 6) is 2.13. The Morgan fingerprint density at radius 1 is 1.24 bits per heavy atom. The van der Waals surface area contributed by atoms with Gasteiger partial charge in [0.15, 0.2) is 6.10 Å². The lowest BCUT2D eigenvalue weighted by Gasteiger charge is -2.22. The number of ether oxygens (including phenoxy) is 1. The maximum atomic E-state index is 12.4. The second kappa shape index (κ2) is 6.67. The molecule has 2 heterocycles. The first kappa shape index (κ1) is 16.1. The van der Waals surface area contributed by atoms with E-state index in [1.807, 2.05) is 43.0 Å². The smallest absolute Gasteiger partial charge is 0.263 e. The second-order valence-electron chi connectivity index (χ2n) is 5.99. The fraction of sp³-hybridized carbons (Fsp3) is 0.562. The number of aryl methyl sites for hydroxylation is 1. The number of nitrogens with zero attached hydrogens (tertiary/aromatic N) is 1. The normalized spacial score (nSPS) is 25.1. The van der Waals surface area contributed by atoms with Crippen molar-refractivity contribution in [2.75, 3.05) is 26.2 Å². The Morgan fingerprint density at radius 3 is 2.38 bits per heavy atom. The molecule has 3 atom stereocenters. The molecule has 21 heavy (non-hydrogen) atoms. The van der Waals surface area contributed by atoms with E-state index in [2.05, 4.69) is 5.32 Å². The predicted octanol–water partition coefficient (Wildman–Crippen LogP) is 1.86. The fourth-order valence-electron chi connectivity index (χ4n) is 3.16. The molecule has 116 valence electrons. The molecular formula is C16H23ClN2O2. The van der Waals surface area contributed by atoms with Crippen molar-refractivity contribution in [1.82, 2.24) is 10.2 Å². The number of fused-ring (bicyclic) bond motifs is 1. The zero-order valence-electron chi connectivity index (χ0n) is 12.5. The van der Waals surface area contributed by atoms with E-state index >= 15 is 0 Å². The monoisotopic (exact) mass is 310 g/mol. The lowest BCUT2D eigenvalue weighted by atomic mass is 10.0. The standard InChI is InChI=1S/C16H22N2O2.ClH/c1-11-3-5-15(6-4-11)20-12(2)16(19)18-9-13-7-17-8-14(13)10-18;/h3-6,12-14,17H,7-10H2,1-2H3;1H/t12?,13-,14+;. The third kappa shape index (κ3) is 3.50. The summed E-state index contributed by atoms with van der Waals surface area (Å²) in [6.07, 6.45) is -0.413. The van der Waals surface area contributed by atoms with Gasteiger partial charge in [-0.15, -0.1) is 12.4 Å². The van der Waals surface area contributed by atoms with Crippen molar-refractivity contribution in [3.63, 3.8) is 0 Å². The van der Waals surface area contributed by atoms with Crippen LogP contribution < -0.4 is 10.1 Å². The lowest BCUT2D eigenvalue weighted by molar-refractivity contribution is -0.137. The molecule has 2 fully saturated rings. The number of nitrogens with one attached hydrogen (secondary N) is 1. The first-order valence-electron chi connectivity index (χ1n) is 7.36. The SMILES string of the molecule is Cc1ccc(OC(C)C(=O)N2C[C@H]3CNC[C@H]3C2)cc1.Cl. The Kier molecular flexibility index (Phi) is 5.12. The van der Waals surface area contributed by atoms with Crippen molar-refractivity contribution in [2.45, 2.75) is 20.0 Å². The molecule has 5 heteroatoms. The molecule has 1 amide bonds. The summed E-state index contributed by atoms with van der Waals surface area (Å²) in [5.41, 5.74) is 1.19. The number of rotatable bonds is 3. The minimum Gasteiger partial charge on any atom is -0.481 e. The molecule has 1 aromatic rings. The highest BCUT2D eigenvalue weighted by Crippen LogP contribution is 2.27. The predicted molar refractivity (Wildman–Crippen MR) is 84.9 cm³/mol. The highest BCUT2D eigenvalue weighted by molar-refractivity contribution is 5.85. The molecule has 0 aliphatic carbocycles. The number of carbonyl (C=O) groups excluding carboxylic acids is 1. The van der Waals surface area contributed by atoms with E-state index < -0.39 is 6.10 Å². The van der Waals surface area contributed by atoms with Crippen LogP contribution in [0.25, 0.3) is 0 Å². The second-order valence-corrected chi connectivity index (χ2v) is 5.99. The van der Waals surface area contributed by atoms with Crippen LogP contribution in [0.3, 0.4) is 0 Å². The molecule has 1 N–H and O–H groups in total. The number of halogens is 1. The molecule has 3 rings (SSSR count). The Morgan fingerprint density at radius 2 is 1.81 bits per heavy atom. The number of benzene rings is 1. The van der Waals surface area contributed by atoms with Gasteiger partial charge < -0.3 is 15.0 Å². The van der Waals surface area contributed by atoms with Crippen LogP contribution in [-0.4, -0.2) is 43.1 Å². The van der Waals surface area contributed by atoms with Crippen LogP contribution in [0, 0.1) is 18.8 Å². The molecule has 2 aliphatic heterocycles. The van der Waals surface area contributed by atoms with Crippen molar-refractivity contribution >= 4 is 18.3 Å². The van der Waals surface area contributed by atoms with E-state index in [1.54, 1.807) is 0 Å². The van der Waals surface area contributed by atoms with Gasteiger partial charge in [0.2, 0.25) is 0 Å². The van der Waals surface area contributed by atoms with Crippen molar-refractivity contribution in [3.8, 4) is 5.75 Å². The number of carbonyl (C=O) groups is 1. The summed E-state index contributed by atoms with van der Waals surface area (Å²) in [6, 6.07) is 7.83. The molecule has 4 nitrogen and oxygen atoms in total. The molecule has 0 aromatic heterocycles. The van der Waals surface area contributed by atoms with Gasteiger partial charge in [0.1, 0.15) is 5.75 Å². The Balaban J connectivity index is 0.00000161. The van der Waals surface area contributed by atoms with Crippen molar-refractivity contribution in [2.24, 2.45) is 11.8 Å². The van der Waals surface area contributed by atoms with Crippen LogP contribution in [0.15, 0.2) is 24.3 Å². The van der Waals surface area contributed by atoms with E-state index in [0.717, 1.165) is 31.9 Å². The van der Waals surface area contributed by atoms with Gasteiger partial charge in [0.25, 0.3) is 5.91 Å². The van der Waals surface area contributed by atoms with Crippen LogP contribution in [0.4, 0.5) is 0 Å². The quantitative estimate of drug-likeness (QED) is 0.926. The van der Waals surface area contributed by atoms with E-state index in [4.69, 9.17) is 4.74 Å². The number of hydrogen-bond donors (Lipinski definition) is 1. The van der Waals surface area contributed by atoms with Gasteiger partial charge in [-0.2, -0.15) is 0 Å². The van der Waals surface area contributed by atoms with Gasteiger partial charge in [-0.25, -0.2) is 0 Å². The summed E-state index contributed by atoms with van der Waals surface area (Å²) >= 11 is 0. The fourth-order valence-corrected chi connectivity index (χ4v) is 3.16. The van der Waals surface area contributed by atoms with Crippen LogP contribution in [0.1, 0.15) is 12.5 Å². The molecule has 0 spiro atoms. The molecule has 2 aliphatic rings. The van der Waals surface area contributed by atoms with Crippen molar-refractivity contribution in [1.29, 1.82) is 0 Å². The van der Waals surface area contributed by atoms with Crippen LogP contribution in [0.2, 0.25) is 0 Å². The first-order valence-corrected chi connectivity index (χ1v) is 7.36. The van der Waals surface area contributed by atoms with Gasteiger partial charge in [-0.05, 0) is 37.8 Å². The Hall–Kier alpha value is -1.26. The van der Waals surface area contributed by atoms with Crippen LogP contribution >= 0.6 is 12.4 Å². The maximum Gasteiger partial charge on any atom is 0.263 e. The Labute approximate surface area is 132 Å². The van der Waals surface area contributed by atoms with Crippen molar-refractivity contribution in [3.05, 3.63) is 29.8 Å². The molecule has 0 bridgehead atoms. The summed E-state index contributed by atoms with van der Waals surface area (Å²) in [5, 5.41) is 3.39. The third-order valence-corrected chi connectivity index (χ3v) is 4.38. The minimum atomic E-state index is -0.413. The lowest BCUT2D eigenvalue weighted by Crippen LogP contribution is -2.40. The summed E-state index contributed by atoms with van der Waals surface area (Å²) < 4.78 is 5.76. The van der Waals surface area contributed by atoms with Crippen molar-refractivity contribution < 1.29 is 9.53 Å². The molecule has 1 aromatic carbocycles. The third-order valence-electron chi connectivity index (χ3n) is 4.38. The molecule has 0 saturated carbocycles.